The number of aliphatic carboxylic acids is 2. The first-order chi connectivity index (χ1) is 17.6. The van der Waals surface area contributed by atoms with E-state index in [1.54, 1.807) is 12.1 Å². The third-order valence-corrected chi connectivity index (χ3v) is 8.16. The minimum atomic E-state index is -1.14. The highest BCUT2D eigenvalue weighted by atomic mass is 16.4. The third-order valence-electron chi connectivity index (χ3n) is 8.16. The van der Waals surface area contributed by atoms with E-state index in [4.69, 9.17) is 10.2 Å². The SMILES string of the molecule is O=C(O)CCN1C(=O)[C@H]2[C@H](CC=C3[C@H]2C[C@H]2C(=O)N(CCC(=O)O)C(=O)[C@H]2[C@H]3c2cccc(O)c2)C1=O. The number of rotatable bonds is 7. The minimum absolute atomic E-state index is 0.0306. The van der Waals surface area contributed by atoms with E-state index in [-0.39, 0.29) is 38.1 Å². The number of phenolic OH excluding ortho intramolecular Hbond substituents is 1. The molecule has 3 fully saturated rings. The highest BCUT2D eigenvalue weighted by Gasteiger charge is 2.61. The van der Waals surface area contributed by atoms with Gasteiger partial charge in [-0.25, -0.2) is 0 Å². The lowest BCUT2D eigenvalue weighted by Crippen LogP contribution is -2.43. The molecule has 11 heteroatoms. The average Bonchev–Trinajstić information content (AvgIpc) is 3.23. The van der Waals surface area contributed by atoms with Crippen LogP contribution in [0.4, 0.5) is 0 Å². The molecule has 1 aromatic rings. The van der Waals surface area contributed by atoms with Crippen molar-refractivity contribution in [2.75, 3.05) is 13.1 Å². The Morgan fingerprint density at radius 3 is 2.00 bits per heavy atom. The van der Waals surface area contributed by atoms with E-state index < -0.39 is 77.5 Å². The number of hydrogen-bond acceptors (Lipinski definition) is 7. The molecule has 11 nitrogen and oxygen atoms in total. The summed E-state index contributed by atoms with van der Waals surface area (Å²) in [6.45, 7) is -0.493. The number of allylic oxidation sites excluding steroid dienone is 2. The van der Waals surface area contributed by atoms with Gasteiger partial charge in [-0.05, 0) is 36.5 Å². The van der Waals surface area contributed by atoms with Gasteiger partial charge in [-0.1, -0.05) is 23.8 Å². The van der Waals surface area contributed by atoms with Crippen LogP contribution in [0.2, 0.25) is 0 Å². The number of nitrogens with zero attached hydrogens (tertiary/aromatic N) is 2. The molecule has 1 saturated carbocycles. The maximum atomic E-state index is 13.5. The zero-order chi connectivity index (χ0) is 26.6. The standard InChI is InChI=1S/C26H26N2O9/c29-13-3-1-2-12(10-13)20-14-4-5-15-21(25(36)27(23(15)34)8-6-18(30)31)16(14)11-17-22(20)26(37)28(24(17)35)9-7-19(32)33/h1-4,10,15-17,20-22,29H,5-9,11H2,(H,30,31)(H,32,33)/t15-,16+,17+,20-,21-,22+/m0/s1. The van der Waals surface area contributed by atoms with Gasteiger partial charge in [0.05, 0.1) is 36.5 Å². The van der Waals surface area contributed by atoms with Crippen LogP contribution in [-0.2, 0) is 28.8 Å². The summed E-state index contributed by atoms with van der Waals surface area (Å²) < 4.78 is 0. The number of carboxylic acids is 2. The molecule has 2 heterocycles. The lowest BCUT2D eigenvalue weighted by atomic mass is 9.57. The third kappa shape index (κ3) is 3.98. The van der Waals surface area contributed by atoms with Crippen LogP contribution in [0.15, 0.2) is 35.9 Å². The van der Waals surface area contributed by atoms with Gasteiger partial charge in [0.1, 0.15) is 5.75 Å². The maximum Gasteiger partial charge on any atom is 0.305 e. The van der Waals surface area contributed by atoms with E-state index in [0.717, 1.165) is 15.4 Å². The quantitative estimate of drug-likeness (QED) is 0.357. The minimum Gasteiger partial charge on any atom is -0.508 e. The topological polar surface area (TPSA) is 170 Å². The number of hydrogen-bond donors (Lipinski definition) is 3. The molecule has 0 bridgehead atoms. The van der Waals surface area contributed by atoms with Gasteiger partial charge in [-0.2, -0.15) is 0 Å². The van der Waals surface area contributed by atoms with Crippen LogP contribution >= 0.6 is 0 Å². The van der Waals surface area contributed by atoms with Crippen LogP contribution in [0.1, 0.15) is 37.2 Å². The van der Waals surface area contributed by atoms with Gasteiger partial charge in [-0.15, -0.1) is 0 Å². The zero-order valence-corrected chi connectivity index (χ0v) is 19.8. The van der Waals surface area contributed by atoms with E-state index in [9.17, 15) is 33.9 Å². The Hall–Kier alpha value is -4.02. The van der Waals surface area contributed by atoms with Gasteiger partial charge >= 0.3 is 11.9 Å². The fraction of sp³-hybridized carbons (Fsp3) is 0.462. The Morgan fingerprint density at radius 2 is 1.41 bits per heavy atom. The van der Waals surface area contributed by atoms with Crippen molar-refractivity contribution in [2.24, 2.45) is 29.6 Å². The summed E-state index contributed by atoms with van der Waals surface area (Å²) in [4.78, 5) is 77.5. The van der Waals surface area contributed by atoms with E-state index in [1.807, 2.05) is 6.08 Å². The molecule has 194 valence electrons. The molecule has 0 spiro atoms. The van der Waals surface area contributed by atoms with Crippen molar-refractivity contribution in [3.63, 3.8) is 0 Å². The molecule has 5 rings (SSSR count). The number of aromatic hydroxyl groups is 1. The second-order valence-electron chi connectivity index (χ2n) is 10.1. The molecule has 4 amide bonds. The summed E-state index contributed by atoms with van der Waals surface area (Å²) in [6.07, 6.45) is 1.47. The number of amides is 4. The number of fused-ring (bicyclic) bond motifs is 4. The Bertz CT molecular complexity index is 1250. The number of carboxylic acid groups (broad SMARTS) is 2. The van der Waals surface area contributed by atoms with Gasteiger partial charge in [0.2, 0.25) is 23.6 Å². The molecule has 4 aliphatic rings. The van der Waals surface area contributed by atoms with Crippen molar-refractivity contribution in [3.8, 4) is 5.75 Å². The second-order valence-corrected chi connectivity index (χ2v) is 10.1. The molecule has 2 aliphatic carbocycles. The van der Waals surface area contributed by atoms with Gasteiger partial charge in [-0.3, -0.25) is 38.6 Å². The van der Waals surface area contributed by atoms with E-state index in [2.05, 4.69) is 0 Å². The van der Waals surface area contributed by atoms with Crippen molar-refractivity contribution < 1.29 is 44.1 Å². The first kappa shape index (κ1) is 24.7. The van der Waals surface area contributed by atoms with Crippen LogP contribution in [0.25, 0.3) is 0 Å². The Kier molecular flexibility index (Phi) is 6.09. The number of carbonyl (C=O) groups is 6. The predicted molar refractivity (Wildman–Crippen MR) is 124 cm³/mol. The van der Waals surface area contributed by atoms with Gasteiger partial charge < -0.3 is 15.3 Å². The average molecular weight is 510 g/mol. The Balaban J connectivity index is 1.55. The van der Waals surface area contributed by atoms with E-state index >= 15 is 0 Å². The van der Waals surface area contributed by atoms with E-state index in [1.165, 1.54) is 12.1 Å². The molecule has 3 N–H and O–H groups in total. The number of benzene rings is 1. The van der Waals surface area contributed by atoms with Crippen molar-refractivity contribution in [2.45, 2.75) is 31.6 Å². The fourth-order valence-corrected chi connectivity index (χ4v) is 6.67. The number of phenols is 1. The summed E-state index contributed by atoms with van der Waals surface area (Å²) in [5.41, 5.74) is 1.33. The van der Waals surface area contributed by atoms with Gasteiger partial charge in [0, 0.05) is 19.0 Å². The van der Waals surface area contributed by atoms with Crippen LogP contribution in [-0.4, -0.2) is 73.8 Å². The summed E-state index contributed by atoms with van der Waals surface area (Å²) in [5.74, 6) is -8.45. The van der Waals surface area contributed by atoms with Crippen molar-refractivity contribution in [1.29, 1.82) is 0 Å². The van der Waals surface area contributed by atoms with Crippen molar-refractivity contribution in [1.82, 2.24) is 9.80 Å². The van der Waals surface area contributed by atoms with Crippen LogP contribution in [0.5, 0.6) is 5.75 Å². The van der Waals surface area contributed by atoms with E-state index in [0.29, 0.717) is 5.56 Å². The first-order valence-corrected chi connectivity index (χ1v) is 12.2. The lowest BCUT2D eigenvalue weighted by molar-refractivity contribution is -0.145. The number of likely N-dealkylation sites (tertiary alicyclic amines) is 2. The first-order valence-electron chi connectivity index (χ1n) is 12.2. The number of imide groups is 2. The smallest absolute Gasteiger partial charge is 0.305 e. The molecule has 0 unspecified atom stereocenters. The molecule has 2 aliphatic heterocycles. The molecule has 6 atom stereocenters. The summed E-state index contributed by atoms with van der Waals surface area (Å²) in [6, 6.07) is 6.34. The Morgan fingerprint density at radius 1 is 0.811 bits per heavy atom. The molecular weight excluding hydrogens is 484 g/mol. The lowest BCUT2D eigenvalue weighted by Gasteiger charge is -2.44. The van der Waals surface area contributed by atoms with Crippen molar-refractivity contribution >= 4 is 35.6 Å². The number of carbonyl (C=O) groups excluding carboxylic acids is 4. The fourth-order valence-electron chi connectivity index (χ4n) is 6.67. The van der Waals surface area contributed by atoms with Crippen LogP contribution in [0.3, 0.4) is 0 Å². The molecule has 37 heavy (non-hydrogen) atoms. The normalized spacial score (nSPS) is 30.6. The summed E-state index contributed by atoms with van der Waals surface area (Å²) >= 11 is 0. The largest absolute Gasteiger partial charge is 0.508 e. The zero-order valence-electron chi connectivity index (χ0n) is 19.8. The van der Waals surface area contributed by atoms with Crippen molar-refractivity contribution in [3.05, 3.63) is 41.5 Å². The molecule has 1 aromatic carbocycles. The maximum absolute atomic E-state index is 13.5. The molecule has 2 saturated heterocycles. The van der Waals surface area contributed by atoms with Crippen LogP contribution < -0.4 is 0 Å². The highest BCUT2D eigenvalue weighted by molar-refractivity contribution is 6.08. The predicted octanol–water partition coefficient (Wildman–Crippen LogP) is 0.978. The molecule has 0 aromatic heterocycles. The highest BCUT2D eigenvalue weighted by Crippen LogP contribution is 2.58. The second kappa shape index (κ2) is 9.13. The van der Waals surface area contributed by atoms with Gasteiger partial charge in [0.25, 0.3) is 0 Å². The monoisotopic (exact) mass is 510 g/mol. The molecule has 0 radical (unpaired) electrons. The Labute approximate surface area is 211 Å². The van der Waals surface area contributed by atoms with Gasteiger partial charge in [0.15, 0.2) is 0 Å². The van der Waals surface area contributed by atoms with Crippen LogP contribution in [0, 0.1) is 29.6 Å². The summed E-state index contributed by atoms with van der Waals surface area (Å²) in [5, 5.41) is 28.3. The summed E-state index contributed by atoms with van der Waals surface area (Å²) in [7, 11) is 0. The molecular formula is C26H26N2O9.